The Bertz CT molecular complexity index is 1240. The van der Waals surface area contributed by atoms with E-state index in [-0.39, 0.29) is 5.82 Å². The van der Waals surface area contributed by atoms with E-state index in [1.54, 1.807) is 6.07 Å². The molecule has 0 aliphatic rings. The number of aromatic nitrogens is 1. The molecule has 174 valence electrons. The summed E-state index contributed by atoms with van der Waals surface area (Å²) in [6, 6.07) is 27.2. The fourth-order valence-corrected chi connectivity index (χ4v) is 4.28. The molecular weight excluding hydrogens is 465 g/mol. The summed E-state index contributed by atoms with van der Waals surface area (Å²) >= 11 is 12.1. The zero-order valence-electron chi connectivity index (χ0n) is 19.0. The predicted octanol–water partition coefficient (Wildman–Crippen LogP) is 7.29. The maximum absolute atomic E-state index is 13.5. The van der Waals surface area contributed by atoms with E-state index in [2.05, 4.69) is 64.2 Å². The van der Waals surface area contributed by atoms with Gasteiger partial charge in [-0.2, -0.15) is 0 Å². The Kier molecular flexibility index (Phi) is 7.99. The van der Waals surface area contributed by atoms with Gasteiger partial charge in [-0.3, -0.25) is 0 Å². The number of hydrogen-bond donors (Lipinski definition) is 1. The Hall–Kier alpha value is -3.15. The molecule has 1 heterocycles. The molecule has 3 nitrogen and oxygen atoms in total. The van der Waals surface area contributed by atoms with Gasteiger partial charge in [0, 0.05) is 35.7 Å². The van der Waals surface area contributed by atoms with Gasteiger partial charge in [0.2, 0.25) is 0 Å². The summed E-state index contributed by atoms with van der Waals surface area (Å²) in [5, 5.41) is 4.47. The molecular formula is C28H27ClFN3S. The van der Waals surface area contributed by atoms with Crippen molar-refractivity contribution in [1.82, 2.24) is 9.47 Å². The van der Waals surface area contributed by atoms with Crippen molar-refractivity contribution in [2.75, 3.05) is 5.32 Å². The van der Waals surface area contributed by atoms with Gasteiger partial charge >= 0.3 is 0 Å². The summed E-state index contributed by atoms with van der Waals surface area (Å²) in [4.78, 5) is 2.15. The first-order valence-electron chi connectivity index (χ1n) is 11.3. The molecule has 0 amide bonds. The third-order valence-corrected chi connectivity index (χ3v) is 6.46. The fraction of sp³-hybridized carbons (Fsp3) is 0.179. The van der Waals surface area contributed by atoms with Gasteiger partial charge in [-0.05, 0) is 71.7 Å². The largest absolute Gasteiger partial charge is 0.345 e. The molecule has 0 atom stereocenters. The second-order valence-electron chi connectivity index (χ2n) is 8.19. The van der Waals surface area contributed by atoms with E-state index in [0.717, 1.165) is 23.4 Å². The number of anilines is 1. The monoisotopic (exact) mass is 491 g/mol. The van der Waals surface area contributed by atoms with Crippen LogP contribution in [0, 0.1) is 5.82 Å². The molecule has 0 radical (unpaired) electrons. The molecule has 0 saturated carbocycles. The number of hydrogen-bond acceptors (Lipinski definition) is 1. The second kappa shape index (κ2) is 11.3. The van der Waals surface area contributed by atoms with Crippen LogP contribution in [-0.4, -0.2) is 14.6 Å². The first-order valence-corrected chi connectivity index (χ1v) is 12.1. The van der Waals surface area contributed by atoms with E-state index < -0.39 is 0 Å². The summed E-state index contributed by atoms with van der Waals surface area (Å²) < 4.78 is 15.6. The van der Waals surface area contributed by atoms with Crippen molar-refractivity contribution in [2.45, 2.75) is 33.0 Å². The smallest absolute Gasteiger partial charge is 0.174 e. The molecule has 34 heavy (non-hydrogen) atoms. The third kappa shape index (κ3) is 6.25. The van der Waals surface area contributed by atoms with Crippen LogP contribution in [-0.2, 0) is 26.1 Å². The molecule has 0 saturated heterocycles. The Labute approximate surface area is 210 Å². The Balaban J connectivity index is 1.55. The van der Waals surface area contributed by atoms with Gasteiger partial charge in [-0.25, -0.2) is 4.39 Å². The number of benzene rings is 3. The van der Waals surface area contributed by atoms with E-state index in [4.69, 9.17) is 23.8 Å². The molecule has 4 aromatic rings. The highest BCUT2D eigenvalue weighted by atomic mass is 35.5. The van der Waals surface area contributed by atoms with Gasteiger partial charge in [-0.1, -0.05) is 67.1 Å². The van der Waals surface area contributed by atoms with E-state index in [1.807, 2.05) is 30.5 Å². The highest BCUT2D eigenvalue weighted by Crippen LogP contribution is 2.21. The summed E-state index contributed by atoms with van der Waals surface area (Å²) in [7, 11) is 0. The Morgan fingerprint density at radius 1 is 0.941 bits per heavy atom. The lowest BCUT2D eigenvalue weighted by Gasteiger charge is -2.27. The predicted molar refractivity (Wildman–Crippen MR) is 143 cm³/mol. The minimum atomic E-state index is -0.334. The number of aryl methyl sites for hydroxylation is 1. The summed E-state index contributed by atoms with van der Waals surface area (Å²) in [6.07, 6.45) is 3.01. The van der Waals surface area contributed by atoms with Crippen LogP contribution in [0.15, 0.2) is 91.1 Å². The molecule has 4 rings (SSSR count). The maximum atomic E-state index is 13.5. The Morgan fingerprint density at radius 2 is 1.71 bits per heavy atom. The van der Waals surface area contributed by atoms with E-state index >= 15 is 0 Å². The molecule has 0 unspecified atom stereocenters. The van der Waals surface area contributed by atoms with Crippen LogP contribution in [0.25, 0.3) is 0 Å². The number of rotatable bonds is 8. The molecule has 0 aliphatic carbocycles. The lowest BCUT2D eigenvalue weighted by molar-refractivity contribution is 0.399. The highest BCUT2D eigenvalue weighted by molar-refractivity contribution is 7.80. The lowest BCUT2D eigenvalue weighted by atomic mass is 10.1. The third-order valence-electron chi connectivity index (χ3n) is 5.75. The van der Waals surface area contributed by atoms with Crippen LogP contribution in [0.5, 0.6) is 0 Å². The number of thiocarbonyl (C=S) groups is 1. The number of nitrogens with one attached hydrogen (secondary N) is 1. The average Bonchev–Trinajstić information content (AvgIpc) is 3.28. The van der Waals surface area contributed by atoms with Crippen LogP contribution in [0.1, 0.15) is 29.3 Å². The summed E-state index contributed by atoms with van der Waals surface area (Å²) in [5.41, 5.74) is 5.38. The minimum absolute atomic E-state index is 0.334. The number of nitrogens with zero attached hydrogens (tertiary/aromatic N) is 2. The molecule has 0 aliphatic heterocycles. The van der Waals surface area contributed by atoms with Crippen molar-refractivity contribution in [3.8, 4) is 0 Å². The SMILES string of the molecule is CCc1ccc(NC(=S)N(Cc2ccccc2)Cc2cccn2Cc2ccc(F)cc2Cl)cc1. The van der Waals surface area contributed by atoms with E-state index in [9.17, 15) is 4.39 Å². The standard InChI is InChI=1S/C28H27ClFN3S/c1-2-21-10-14-25(15-11-21)31-28(34)33(18-22-7-4-3-5-8-22)20-26-9-6-16-32(26)19-23-12-13-24(30)17-27(23)29/h3-17H,2,18-20H2,1H3,(H,31,34). The molecule has 1 N–H and O–H groups in total. The molecule has 0 bridgehead atoms. The van der Waals surface area contributed by atoms with Crippen molar-refractivity contribution in [1.29, 1.82) is 0 Å². The van der Waals surface area contributed by atoms with Gasteiger partial charge in [0.05, 0.1) is 6.54 Å². The lowest BCUT2D eigenvalue weighted by Crippen LogP contribution is -2.34. The van der Waals surface area contributed by atoms with E-state index in [0.29, 0.717) is 29.8 Å². The van der Waals surface area contributed by atoms with Gasteiger partial charge in [0.1, 0.15) is 5.82 Å². The molecule has 6 heteroatoms. The van der Waals surface area contributed by atoms with Gasteiger partial charge in [0.15, 0.2) is 5.11 Å². The molecule has 0 fully saturated rings. The average molecular weight is 492 g/mol. The van der Waals surface area contributed by atoms with Crippen molar-refractivity contribution < 1.29 is 4.39 Å². The van der Waals surface area contributed by atoms with E-state index in [1.165, 1.54) is 23.3 Å². The maximum Gasteiger partial charge on any atom is 0.174 e. The molecule has 1 aromatic heterocycles. The molecule has 0 spiro atoms. The zero-order chi connectivity index (χ0) is 23.9. The summed E-state index contributed by atoms with van der Waals surface area (Å²) in [6.45, 7) is 3.98. The van der Waals surface area contributed by atoms with Crippen molar-refractivity contribution in [3.63, 3.8) is 0 Å². The Morgan fingerprint density at radius 3 is 2.41 bits per heavy atom. The van der Waals surface area contributed by atoms with Gasteiger partial charge < -0.3 is 14.8 Å². The second-order valence-corrected chi connectivity index (χ2v) is 8.98. The van der Waals surface area contributed by atoms with Gasteiger partial charge in [0.25, 0.3) is 0 Å². The first kappa shape index (κ1) is 24.0. The summed E-state index contributed by atoms with van der Waals surface area (Å²) in [5.74, 6) is -0.334. The topological polar surface area (TPSA) is 20.2 Å². The van der Waals surface area contributed by atoms with Gasteiger partial charge in [-0.15, -0.1) is 0 Å². The van der Waals surface area contributed by atoms with Crippen LogP contribution in [0.2, 0.25) is 5.02 Å². The van der Waals surface area contributed by atoms with Crippen LogP contribution in [0.3, 0.4) is 0 Å². The number of halogens is 2. The quantitative estimate of drug-likeness (QED) is 0.261. The fourth-order valence-electron chi connectivity index (χ4n) is 3.81. The van der Waals surface area contributed by atoms with Crippen molar-refractivity contribution in [3.05, 3.63) is 124 Å². The van der Waals surface area contributed by atoms with Crippen LogP contribution in [0.4, 0.5) is 10.1 Å². The normalized spacial score (nSPS) is 10.8. The first-order chi connectivity index (χ1) is 16.5. The molecule has 3 aromatic carbocycles. The minimum Gasteiger partial charge on any atom is -0.345 e. The van der Waals surface area contributed by atoms with Crippen molar-refractivity contribution >= 4 is 34.6 Å². The van der Waals surface area contributed by atoms with Crippen molar-refractivity contribution in [2.24, 2.45) is 0 Å². The highest BCUT2D eigenvalue weighted by Gasteiger charge is 2.15. The zero-order valence-corrected chi connectivity index (χ0v) is 20.6. The van der Waals surface area contributed by atoms with Crippen LogP contribution >= 0.6 is 23.8 Å². The van der Waals surface area contributed by atoms with Crippen LogP contribution < -0.4 is 5.32 Å².